The summed E-state index contributed by atoms with van der Waals surface area (Å²) in [6.45, 7) is 0. The molecule has 0 unspecified atom stereocenters. The molecule has 84 valence electrons. The van der Waals surface area contributed by atoms with Crippen LogP contribution in [0.15, 0.2) is 18.2 Å². The molecule has 6 heteroatoms. The molecule has 0 radical (unpaired) electrons. The highest BCUT2D eigenvalue weighted by molar-refractivity contribution is 14.1. The highest BCUT2D eigenvalue weighted by Crippen LogP contribution is 2.26. The Kier molecular flexibility index (Phi) is 2.99. The largest absolute Gasteiger partial charge is 0.398 e. The van der Waals surface area contributed by atoms with E-state index >= 15 is 0 Å². The lowest BCUT2D eigenvalue weighted by atomic mass is 10.2. The van der Waals surface area contributed by atoms with Gasteiger partial charge in [-0.2, -0.15) is 0 Å². The SMILES string of the molecule is CNc1nnc(-c2cc(I)ccc2N)n1C. The van der Waals surface area contributed by atoms with Gasteiger partial charge in [0, 0.05) is 28.9 Å². The standard InChI is InChI=1S/C10H12IN5/c1-13-10-15-14-9(16(10)2)7-5-6(11)3-4-8(7)12/h3-5H,12H2,1-2H3,(H,13,15). The van der Waals surface area contributed by atoms with E-state index in [1.54, 1.807) is 0 Å². The minimum absolute atomic E-state index is 0.707. The van der Waals surface area contributed by atoms with E-state index in [-0.39, 0.29) is 0 Å². The van der Waals surface area contributed by atoms with Gasteiger partial charge in [0.05, 0.1) is 0 Å². The number of nitrogen functional groups attached to an aromatic ring is 1. The molecular formula is C10H12IN5. The van der Waals surface area contributed by atoms with Gasteiger partial charge in [-0.15, -0.1) is 10.2 Å². The van der Waals surface area contributed by atoms with Gasteiger partial charge in [0.2, 0.25) is 5.95 Å². The van der Waals surface area contributed by atoms with Crippen molar-refractivity contribution in [3.05, 3.63) is 21.8 Å². The van der Waals surface area contributed by atoms with E-state index in [4.69, 9.17) is 5.73 Å². The summed E-state index contributed by atoms with van der Waals surface area (Å²) < 4.78 is 3.00. The first-order valence-corrected chi connectivity index (χ1v) is 5.84. The summed E-state index contributed by atoms with van der Waals surface area (Å²) in [4.78, 5) is 0. The second-order valence-electron chi connectivity index (χ2n) is 3.39. The third-order valence-corrected chi connectivity index (χ3v) is 3.03. The minimum Gasteiger partial charge on any atom is -0.398 e. The molecule has 5 nitrogen and oxygen atoms in total. The van der Waals surface area contributed by atoms with Crippen LogP contribution in [0, 0.1) is 3.57 Å². The van der Waals surface area contributed by atoms with E-state index in [1.165, 1.54) is 0 Å². The molecule has 16 heavy (non-hydrogen) atoms. The van der Waals surface area contributed by atoms with Crippen LogP contribution in [0.2, 0.25) is 0 Å². The Morgan fingerprint density at radius 1 is 1.38 bits per heavy atom. The molecule has 2 aromatic rings. The molecule has 2 rings (SSSR count). The average Bonchev–Trinajstić information content (AvgIpc) is 2.63. The van der Waals surface area contributed by atoms with Crippen LogP contribution in [-0.2, 0) is 7.05 Å². The second kappa shape index (κ2) is 4.28. The number of rotatable bonds is 2. The molecule has 0 atom stereocenters. The molecule has 3 N–H and O–H groups in total. The van der Waals surface area contributed by atoms with Crippen LogP contribution < -0.4 is 11.1 Å². The number of benzene rings is 1. The first kappa shape index (κ1) is 11.2. The Bertz CT molecular complexity index is 520. The highest BCUT2D eigenvalue weighted by atomic mass is 127. The maximum Gasteiger partial charge on any atom is 0.224 e. The van der Waals surface area contributed by atoms with Crippen molar-refractivity contribution in [3.8, 4) is 11.4 Å². The Hall–Kier alpha value is -1.31. The van der Waals surface area contributed by atoms with Gasteiger partial charge >= 0.3 is 0 Å². The predicted octanol–water partition coefficient (Wildman–Crippen LogP) is 1.71. The quantitative estimate of drug-likeness (QED) is 0.650. The Morgan fingerprint density at radius 3 is 2.75 bits per heavy atom. The maximum atomic E-state index is 5.94. The van der Waals surface area contributed by atoms with E-state index in [0.717, 1.165) is 15.0 Å². The van der Waals surface area contributed by atoms with Crippen molar-refractivity contribution in [2.45, 2.75) is 0 Å². The number of anilines is 2. The van der Waals surface area contributed by atoms with E-state index in [0.29, 0.717) is 11.6 Å². The lowest BCUT2D eigenvalue weighted by Crippen LogP contribution is -2.01. The van der Waals surface area contributed by atoms with E-state index in [1.807, 2.05) is 36.9 Å². The van der Waals surface area contributed by atoms with Gasteiger partial charge in [0.1, 0.15) is 0 Å². The maximum absolute atomic E-state index is 5.94. The summed E-state index contributed by atoms with van der Waals surface area (Å²) in [7, 11) is 3.71. The highest BCUT2D eigenvalue weighted by Gasteiger charge is 2.12. The Morgan fingerprint density at radius 2 is 2.12 bits per heavy atom. The molecule has 1 aromatic carbocycles. The molecule has 1 heterocycles. The van der Waals surface area contributed by atoms with Crippen LogP contribution in [0.3, 0.4) is 0 Å². The van der Waals surface area contributed by atoms with Crippen LogP contribution in [0.4, 0.5) is 11.6 Å². The third kappa shape index (κ3) is 1.84. The molecule has 0 aliphatic rings. The number of hydrogen-bond donors (Lipinski definition) is 2. The van der Waals surface area contributed by atoms with Crippen LogP contribution >= 0.6 is 22.6 Å². The van der Waals surface area contributed by atoms with E-state index in [2.05, 4.69) is 38.1 Å². The topological polar surface area (TPSA) is 68.8 Å². The van der Waals surface area contributed by atoms with Crippen molar-refractivity contribution in [1.29, 1.82) is 0 Å². The number of halogens is 1. The van der Waals surface area contributed by atoms with Crippen LogP contribution in [0.1, 0.15) is 0 Å². The minimum atomic E-state index is 0.707. The first-order valence-electron chi connectivity index (χ1n) is 4.76. The first-order chi connectivity index (χ1) is 7.63. The zero-order valence-corrected chi connectivity index (χ0v) is 11.2. The van der Waals surface area contributed by atoms with Gasteiger partial charge in [-0.05, 0) is 40.8 Å². The molecule has 0 spiro atoms. The number of hydrogen-bond acceptors (Lipinski definition) is 4. The van der Waals surface area contributed by atoms with Crippen molar-refractivity contribution in [3.63, 3.8) is 0 Å². The molecule has 0 aliphatic carbocycles. The third-order valence-electron chi connectivity index (χ3n) is 2.35. The fourth-order valence-electron chi connectivity index (χ4n) is 1.50. The Balaban J connectivity index is 2.58. The van der Waals surface area contributed by atoms with Gasteiger partial charge in [-0.25, -0.2) is 0 Å². The van der Waals surface area contributed by atoms with Crippen molar-refractivity contribution < 1.29 is 0 Å². The molecule has 0 saturated carbocycles. The summed E-state index contributed by atoms with van der Waals surface area (Å²) in [5.74, 6) is 1.48. The van der Waals surface area contributed by atoms with Gasteiger partial charge < -0.3 is 11.1 Å². The lowest BCUT2D eigenvalue weighted by Gasteiger charge is -2.06. The summed E-state index contributed by atoms with van der Waals surface area (Å²) in [6, 6.07) is 5.85. The van der Waals surface area contributed by atoms with Gasteiger partial charge in [0.15, 0.2) is 5.82 Å². The number of nitrogens with one attached hydrogen (secondary N) is 1. The molecule has 0 saturated heterocycles. The summed E-state index contributed by atoms with van der Waals surface area (Å²) in [6.07, 6.45) is 0. The van der Waals surface area contributed by atoms with Crippen molar-refractivity contribution >= 4 is 34.2 Å². The summed E-state index contributed by atoms with van der Waals surface area (Å²) in [5.41, 5.74) is 7.55. The normalized spacial score (nSPS) is 10.4. The van der Waals surface area contributed by atoms with Gasteiger partial charge in [-0.1, -0.05) is 0 Å². The van der Waals surface area contributed by atoms with Crippen LogP contribution in [0.25, 0.3) is 11.4 Å². The molecule has 0 fully saturated rings. The zero-order chi connectivity index (χ0) is 11.7. The number of aromatic nitrogens is 3. The fourth-order valence-corrected chi connectivity index (χ4v) is 1.99. The fraction of sp³-hybridized carbons (Fsp3) is 0.200. The van der Waals surface area contributed by atoms with Gasteiger partial charge in [-0.3, -0.25) is 4.57 Å². The predicted molar refractivity (Wildman–Crippen MR) is 73.1 cm³/mol. The molecule has 1 aromatic heterocycles. The summed E-state index contributed by atoms with van der Waals surface area (Å²) >= 11 is 2.25. The van der Waals surface area contributed by atoms with Crippen molar-refractivity contribution in [2.75, 3.05) is 18.1 Å². The van der Waals surface area contributed by atoms with Crippen LogP contribution in [0.5, 0.6) is 0 Å². The molecule has 0 aliphatic heterocycles. The smallest absolute Gasteiger partial charge is 0.224 e. The van der Waals surface area contributed by atoms with E-state index < -0.39 is 0 Å². The lowest BCUT2D eigenvalue weighted by molar-refractivity contribution is 0.925. The summed E-state index contributed by atoms with van der Waals surface area (Å²) in [5, 5.41) is 11.1. The number of nitrogens with zero attached hydrogens (tertiary/aromatic N) is 3. The zero-order valence-electron chi connectivity index (χ0n) is 9.03. The monoisotopic (exact) mass is 329 g/mol. The van der Waals surface area contributed by atoms with Gasteiger partial charge in [0.25, 0.3) is 0 Å². The Labute approximate surface area is 107 Å². The van der Waals surface area contributed by atoms with Crippen molar-refractivity contribution in [2.24, 2.45) is 7.05 Å². The molecule has 0 amide bonds. The second-order valence-corrected chi connectivity index (χ2v) is 4.63. The molecule has 0 bridgehead atoms. The number of nitrogens with two attached hydrogens (primary N) is 1. The van der Waals surface area contributed by atoms with E-state index in [9.17, 15) is 0 Å². The average molecular weight is 329 g/mol. The van der Waals surface area contributed by atoms with Crippen LogP contribution in [-0.4, -0.2) is 21.8 Å². The molecular weight excluding hydrogens is 317 g/mol. The van der Waals surface area contributed by atoms with Crippen molar-refractivity contribution in [1.82, 2.24) is 14.8 Å².